The quantitative estimate of drug-likeness (QED) is 0.174. The minimum absolute atomic E-state index is 0.0459. The molecule has 1 heterocycles. The Hall–Kier alpha value is -3.67. The van der Waals surface area contributed by atoms with E-state index < -0.39 is 59.8 Å². The summed E-state index contributed by atoms with van der Waals surface area (Å²) < 4.78 is 0. The predicted octanol–water partition coefficient (Wildman–Crippen LogP) is 1.54. The van der Waals surface area contributed by atoms with Crippen LogP contribution in [0.3, 0.4) is 0 Å². The number of phenols is 1. The van der Waals surface area contributed by atoms with Crippen LogP contribution in [-0.4, -0.2) is 81.5 Å². The van der Waals surface area contributed by atoms with Crippen molar-refractivity contribution < 1.29 is 34.2 Å². The van der Waals surface area contributed by atoms with Gasteiger partial charge in [0.2, 0.25) is 23.6 Å². The maximum absolute atomic E-state index is 13.7. The van der Waals surface area contributed by atoms with Crippen molar-refractivity contribution >= 4 is 29.6 Å². The fourth-order valence-corrected chi connectivity index (χ4v) is 5.14. The van der Waals surface area contributed by atoms with E-state index in [-0.39, 0.29) is 36.3 Å². The summed E-state index contributed by atoms with van der Waals surface area (Å²) >= 11 is 0. The fraction of sp³-hybridized carbons (Fsp3) is 0.645. The number of carbonyl (C=O) groups excluding carboxylic acids is 4. The monoisotopic (exact) mass is 603 g/mol. The van der Waals surface area contributed by atoms with Crippen molar-refractivity contribution in [3.8, 4) is 5.75 Å². The lowest BCUT2D eigenvalue weighted by atomic mass is 9.95. The number of nitrogens with zero attached hydrogens (tertiary/aromatic N) is 1. The smallest absolute Gasteiger partial charge is 0.326 e. The van der Waals surface area contributed by atoms with Gasteiger partial charge >= 0.3 is 5.97 Å². The summed E-state index contributed by atoms with van der Waals surface area (Å²) in [6.45, 7) is 11.3. The molecule has 0 unspecified atom stereocenters. The standard InChI is InChI=1S/C31H49N5O7/c1-7-19(6)26(35-27(38)22(32)16-20-10-12-21(37)13-11-20)29(40)34-25(18(4)5)30(41)36-14-8-9-24(36)28(39)33-23(31(42)43)15-17(2)3/h10-13,17-19,22-26,37H,7-9,14-16,32H2,1-6H3,(H,33,39)(H,34,40)(H,35,38)(H,42,43)/t19-,22-,23-,24-,25-,26-/m0/s1. The van der Waals surface area contributed by atoms with Crippen LogP contribution < -0.4 is 21.7 Å². The third-order valence-corrected chi connectivity index (χ3v) is 7.91. The molecule has 12 nitrogen and oxygen atoms in total. The van der Waals surface area contributed by atoms with Gasteiger partial charge in [-0.2, -0.15) is 0 Å². The van der Waals surface area contributed by atoms with Crippen molar-refractivity contribution in [1.82, 2.24) is 20.9 Å². The second-order valence-corrected chi connectivity index (χ2v) is 12.3. The summed E-state index contributed by atoms with van der Waals surface area (Å²) in [6.07, 6.45) is 1.98. The molecule has 1 fully saturated rings. The molecule has 0 radical (unpaired) electrons. The van der Waals surface area contributed by atoms with Crippen molar-refractivity contribution in [2.75, 3.05) is 6.54 Å². The van der Waals surface area contributed by atoms with Crippen molar-refractivity contribution in [3.05, 3.63) is 29.8 Å². The van der Waals surface area contributed by atoms with Crippen molar-refractivity contribution in [2.45, 2.75) is 104 Å². The molecule has 1 aromatic carbocycles. The van der Waals surface area contributed by atoms with Crippen LogP contribution in [0.5, 0.6) is 5.75 Å². The highest BCUT2D eigenvalue weighted by Crippen LogP contribution is 2.22. The van der Waals surface area contributed by atoms with Gasteiger partial charge in [0.15, 0.2) is 0 Å². The van der Waals surface area contributed by atoms with E-state index in [0.717, 1.165) is 5.56 Å². The van der Waals surface area contributed by atoms with E-state index in [1.54, 1.807) is 26.0 Å². The molecular formula is C31H49N5O7. The van der Waals surface area contributed by atoms with Gasteiger partial charge in [-0.3, -0.25) is 19.2 Å². The molecule has 43 heavy (non-hydrogen) atoms. The van der Waals surface area contributed by atoms with Gasteiger partial charge in [0, 0.05) is 6.54 Å². The normalized spacial score (nSPS) is 18.4. The Morgan fingerprint density at radius 2 is 1.56 bits per heavy atom. The Bertz CT molecular complexity index is 1120. The van der Waals surface area contributed by atoms with Crippen LogP contribution in [0, 0.1) is 17.8 Å². The maximum atomic E-state index is 13.7. The second kappa shape index (κ2) is 16.3. The molecule has 0 aliphatic carbocycles. The number of amides is 4. The summed E-state index contributed by atoms with van der Waals surface area (Å²) in [5, 5.41) is 27.2. The number of nitrogens with two attached hydrogens (primary N) is 1. The molecule has 12 heteroatoms. The molecular weight excluding hydrogens is 554 g/mol. The van der Waals surface area contributed by atoms with Crippen LogP contribution in [0.2, 0.25) is 0 Å². The van der Waals surface area contributed by atoms with Crippen LogP contribution in [-0.2, 0) is 30.4 Å². The molecule has 1 saturated heterocycles. The van der Waals surface area contributed by atoms with E-state index >= 15 is 0 Å². The van der Waals surface area contributed by atoms with Gasteiger partial charge in [0.25, 0.3) is 0 Å². The zero-order chi connectivity index (χ0) is 32.4. The van der Waals surface area contributed by atoms with E-state index in [2.05, 4.69) is 16.0 Å². The third-order valence-electron chi connectivity index (χ3n) is 7.91. The molecule has 1 aliphatic rings. The SMILES string of the molecule is CC[C@H](C)[C@H](NC(=O)[C@@H](N)Cc1ccc(O)cc1)C(=O)N[C@H](C(=O)N1CCC[C@H]1C(=O)N[C@@H](CC(C)C)C(=O)O)C(C)C. The Morgan fingerprint density at radius 1 is 0.953 bits per heavy atom. The minimum Gasteiger partial charge on any atom is -0.508 e. The zero-order valence-electron chi connectivity index (χ0n) is 26.1. The van der Waals surface area contributed by atoms with E-state index in [0.29, 0.717) is 25.8 Å². The maximum Gasteiger partial charge on any atom is 0.326 e. The topological polar surface area (TPSA) is 191 Å². The number of phenolic OH excluding ortho intramolecular Hbond substituents is 1. The van der Waals surface area contributed by atoms with Crippen LogP contribution in [0.1, 0.15) is 72.8 Å². The molecule has 7 N–H and O–H groups in total. The van der Waals surface area contributed by atoms with E-state index in [1.807, 2.05) is 27.7 Å². The number of aliphatic carboxylic acids is 1. The molecule has 0 aromatic heterocycles. The van der Waals surface area contributed by atoms with Gasteiger partial charge in [-0.1, -0.05) is 60.1 Å². The lowest BCUT2D eigenvalue weighted by Gasteiger charge is -2.33. The lowest BCUT2D eigenvalue weighted by molar-refractivity contribution is -0.145. The fourth-order valence-electron chi connectivity index (χ4n) is 5.14. The molecule has 1 aromatic rings. The van der Waals surface area contributed by atoms with Gasteiger partial charge in [0.05, 0.1) is 6.04 Å². The van der Waals surface area contributed by atoms with Gasteiger partial charge in [-0.25, -0.2) is 4.79 Å². The van der Waals surface area contributed by atoms with Crippen LogP contribution in [0.15, 0.2) is 24.3 Å². The van der Waals surface area contributed by atoms with Crippen LogP contribution in [0.4, 0.5) is 0 Å². The number of likely N-dealkylation sites (tertiary alicyclic amines) is 1. The number of aromatic hydroxyl groups is 1. The highest BCUT2D eigenvalue weighted by Gasteiger charge is 2.40. The first kappa shape index (κ1) is 35.5. The Morgan fingerprint density at radius 3 is 2.09 bits per heavy atom. The van der Waals surface area contributed by atoms with E-state index in [9.17, 15) is 34.2 Å². The summed E-state index contributed by atoms with van der Waals surface area (Å²) in [5.41, 5.74) is 6.89. The van der Waals surface area contributed by atoms with Crippen LogP contribution in [0.25, 0.3) is 0 Å². The summed E-state index contributed by atoms with van der Waals surface area (Å²) in [5.74, 6) is -3.61. The average Bonchev–Trinajstić information content (AvgIpc) is 3.44. The third kappa shape index (κ3) is 10.2. The molecule has 1 aliphatic heterocycles. The lowest BCUT2D eigenvalue weighted by Crippen LogP contribution is -2.60. The molecule has 240 valence electrons. The molecule has 0 spiro atoms. The number of benzene rings is 1. The van der Waals surface area contributed by atoms with Gasteiger partial charge in [0.1, 0.15) is 29.9 Å². The largest absolute Gasteiger partial charge is 0.508 e. The predicted molar refractivity (Wildman–Crippen MR) is 162 cm³/mol. The minimum atomic E-state index is -1.13. The summed E-state index contributed by atoms with van der Waals surface area (Å²) in [6, 6.07) is 1.56. The Kier molecular flexibility index (Phi) is 13.4. The van der Waals surface area contributed by atoms with Gasteiger partial charge < -0.3 is 36.8 Å². The average molecular weight is 604 g/mol. The second-order valence-electron chi connectivity index (χ2n) is 12.3. The molecule has 0 saturated carbocycles. The van der Waals surface area contributed by atoms with Crippen molar-refractivity contribution in [3.63, 3.8) is 0 Å². The van der Waals surface area contributed by atoms with Gasteiger partial charge in [-0.15, -0.1) is 0 Å². The molecule has 2 rings (SSSR count). The Labute approximate surface area is 254 Å². The first-order chi connectivity index (χ1) is 20.2. The number of carboxylic acid groups (broad SMARTS) is 1. The molecule has 6 atom stereocenters. The van der Waals surface area contributed by atoms with Gasteiger partial charge in [-0.05, 0) is 61.1 Å². The van der Waals surface area contributed by atoms with E-state index in [4.69, 9.17) is 5.73 Å². The molecule has 0 bridgehead atoms. The van der Waals surface area contributed by atoms with E-state index in [1.165, 1.54) is 17.0 Å². The number of hydrogen-bond donors (Lipinski definition) is 6. The van der Waals surface area contributed by atoms with Crippen LogP contribution >= 0.6 is 0 Å². The zero-order valence-corrected chi connectivity index (χ0v) is 26.1. The number of carbonyl (C=O) groups is 5. The highest BCUT2D eigenvalue weighted by atomic mass is 16.4. The van der Waals surface area contributed by atoms with Crippen molar-refractivity contribution in [1.29, 1.82) is 0 Å². The summed E-state index contributed by atoms with van der Waals surface area (Å²) in [7, 11) is 0. The highest BCUT2D eigenvalue weighted by molar-refractivity contribution is 5.96. The van der Waals surface area contributed by atoms with Crippen molar-refractivity contribution in [2.24, 2.45) is 23.5 Å². The first-order valence-electron chi connectivity index (χ1n) is 15.1. The first-order valence-corrected chi connectivity index (χ1v) is 15.1. The number of hydrogen-bond acceptors (Lipinski definition) is 7. The summed E-state index contributed by atoms with van der Waals surface area (Å²) in [4.78, 5) is 66.5. The Balaban J connectivity index is 2.15. The number of rotatable bonds is 15. The number of nitrogens with one attached hydrogen (secondary N) is 3. The number of carboxylic acids is 1. The molecule has 4 amide bonds.